The lowest BCUT2D eigenvalue weighted by atomic mass is 9.74. The van der Waals surface area contributed by atoms with Crippen molar-refractivity contribution in [2.24, 2.45) is 0 Å². The molecule has 0 spiro atoms. The van der Waals surface area contributed by atoms with Gasteiger partial charge in [-0.15, -0.1) is 0 Å². The molecule has 1 aliphatic heterocycles. The summed E-state index contributed by atoms with van der Waals surface area (Å²) >= 11 is 0. The van der Waals surface area contributed by atoms with Crippen LogP contribution in [-0.4, -0.2) is 39.5 Å². The summed E-state index contributed by atoms with van der Waals surface area (Å²) in [5, 5.41) is 13.7. The summed E-state index contributed by atoms with van der Waals surface area (Å²) in [6.45, 7) is 10.5. The van der Waals surface area contributed by atoms with E-state index in [1.165, 1.54) is 29.7 Å². The van der Waals surface area contributed by atoms with E-state index in [4.69, 9.17) is 5.11 Å². The van der Waals surface area contributed by atoms with E-state index in [9.17, 15) is 0 Å². The molecule has 130 valence electrons. The van der Waals surface area contributed by atoms with Gasteiger partial charge >= 0.3 is 0 Å². The molecule has 2 aromatic rings. The van der Waals surface area contributed by atoms with Gasteiger partial charge in [0.25, 0.3) is 0 Å². The van der Waals surface area contributed by atoms with Gasteiger partial charge in [0.1, 0.15) is 0 Å². The van der Waals surface area contributed by atoms with E-state index < -0.39 is 0 Å². The van der Waals surface area contributed by atoms with Crippen LogP contribution in [0.4, 0.5) is 0 Å². The first kappa shape index (κ1) is 17.2. The third kappa shape index (κ3) is 3.40. The minimum Gasteiger partial charge on any atom is -0.394 e. The van der Waals surface area contributed by atoms with Gasteiger partial charge in [-0.05, 0) is 50.8 Å². The highest BCUT2D eigenvalue weighted by Gasteiger charge is 2.32. The molecule has 0 aliphatic carbocycles. The number of hydrogen-bond acceptors (Lipinski definition) is 3. The first-order valence-electron chi connectivity index (χ1n) is 8.95. The van der Waals surface area contributed by atoms with Crippen molar-refractivity contribution in [3.63, 3.8) is 0 Å². The fraction of sp³-hybridized carbons (Fsp3) is 0.550. The zero-order chi connectivity index (χ0) is 17.2. The maximum atomic E-state index is 9.16. The molecule has 0 amide bonds. The first-order chi connectivity index (χ1) is 11.5. The lowest BCUT2D eigenvalue weighted by Gasteiger charge is -2.40. The van der Waals surface area contributed by atoms with E-state index in [0.717, 1.165) is 25.3 Å². The second-order valence-corrected chi connectivity index (χ2v) is 7.30. The predicted octanol–water partition coefficient (Wildman–Crippen LogP) is 3.05. The molecule has 1 N–H and O–H groups in total. The summed E-state index contributed by atoms with van der Waals surface area (Å²) in [5.41, 5.74) is 5.37. The zero-order valence-corrected chi connectivity index (χ0v) is 15.1. The minimum atomic E-state index is 0.139. The van der Waals surface area contributed by atoms with Crippen LogP contribution >= 0.6 is 0 Å². The van der Waals surface area contributed by atoms with Crippen LogP contribution in [0.3, 0.4) is 0 Å². The number of benzene rings is 1. The van der Waals surface area contributed by atoms with Crippen molar-refractivity contribution in [1.29, 1.82) is 0 Å². The average Bonchev–Trinajstić information content (AvgIpc) is 2.86. The Labute approximate surface area is 145 Å². The van der Waals surface area contributed by atoms with E-state index in [1.807, 2.05) is 4.68 Å². The molecular weight excluding hydrogens is 298 g/mol. The van der Waals surface area contributed by atoms with Gasteiger partial charge < -0.3 is 5.11 Å². The Hall–Kier alpha value is -1.65. The molecule has 4 nitrogen and oxygen atoms in total. The molecule has 1 fully saturated rings. The smallest absolute Gasteiger partial charge is 0.0644 e. The zero-order valence-electron chi connectivity index (χ0n) is 15.1. The number of piperidine rings is 1. The number of aryl methyl sites for hydroxylation is 1. The van der Waals surface area contributed by atoms with E-state index in [1.54, 1.807) is 0 Å². The summed E-state index contributed by atoms with van der Waals surface area (Å²) in [6.07, 6.45) is 2.39. The second kappa shape index (κ2) is 7.08. The largest absolute Gasteiger partial charge is 0.394 e. The molecule has 0 unspecified atom stereocenters. The van der Waals surface area contributed by atoms with Crippen molar-refractivity contribution in [3.05, 3.63) is 52.8 Å². The molecule has 2 heterocycles. The SMILES string of the molecule is Cc1nn(CCO)c(C)c1CN1CCC(C)(c2ccccc2)CC1. The molecule has 1 saturated heterocycles. The molecule has 1 aliphatic rings. The Morgan fingerprint density at radius 2 is 1.79 bits per heavy atom. The molecule has 0 radical (unpaired) electrons. The first-order valence-corrected chi connectivity index (χ1v) is 8.95. The van der Waals surface area contributed by atoms with E-state index >= 15 is 0 Å². The van der Waals surface area contributed by atoms with E-state index in [-0.39, 0.29) is 6.61 Å². The third-order valence-electron chi connectivity index (χ3n) is 5.66. The van der Waals surface area contributed by atoms with Crippen LogP contribution < -0.4 is 0 Å². The van der Waals surface area contributed by atoms with Gasteiger partial charge in [0, 0.05) is 17.8 Å². The Bertz CT molecular complexity index is 670. The minimum absolute atomic E-state index is 0.139. The van der Waals surface area contributed by atoms with Crippen LogP contribution in [0.1, 0.15) is 42.3 Å². The van der Waals surface area contributed by atoms with Gasteiger partial charge in [-0.25, -0.2) is 0 Å². The normalized spacial score (nSPS) is 18.0. The van der Waals surface area contributed by atoms with Crippen LogP contribution in [0.15, 0.2) is 30.3 Å². The van der Waals surface area contributed by atoms with Crippen LogP contribution in [0.2, 0.25) is 0 Å². The maximum Gasteiger partial charge on any atom is 0.0644 e. The van der Waals surface area contributed by atoms with Crippen LogP contribution in [0.5, 0.6) is 0 Å². The average molecular weight is 327 g/mol. The molecule has 3 rings (SSSR count). The Morgan fingerprint density at radius 1 is 1.12 bits per heavy atom. The summed E-state index contributed by atoms with van der Waals surface area (Å²) in [7, 11) is 0. The second-order valence-electron chi connectivity index (χ2n) is 7.30. The van der Waals surface area contributed by atoms with Crippen LogP contribution in [0, 0.1) is 13.8 Å². The topological polar surface area (TPSA) is 41.3 Å². The van der Waals surface area contributed by atoms with Crippen LogP contribution in [0.25, 0.3) is 0 Å². The Kier molecular flexibility index (Phi) is 5.07. The Balaban J connectivity index is 1.66. The number of aliphatic hydroxyl groups excluding tert-OH is 1. The Morgan fingerprint density at radius 3 is 2.42 bits per heavy atom. The number of likely N-dealkylation sites (tertiary alicyclic amines) is 1. The predicted molar refractivity (Wildman–Crippen MR) is 97.1 cm³/mol. The number of hydrogen-bond donors (Lipinski definition) is 1. The molecule has 0 atom stereocenters. The molecule has 0 bridgehead atoms. The molecule has 1 aromatic carbocycles. The van der Waals surface area contributed by atoms with Gasteiger partial charge in [0.05, 0.1) is 18.8 Å². The lowest BCUT2D eigenvalue weighted by Crippen LogP contribution is -2.40. The van der Waals surface area contributed by atoms with E-state index in [0.29, 0.717) is 12.0 Å². The number of nitrogens with zero attached hydrogens (tertiary/aromatic N) is 3. The number of rotatable bonds is 5. The number of aliphatic hydroxyl groups is 1. The molecule has 4 heteroatoms. The van der Waals surface area contributed by atoms with Crippen molar-refractivity contribution >= 4 is 0 Å². The van der Waals surface area contributed by atoms with Gasteiger partial charge in [-0.2, -0.15) is 5.10 Å². The number of aromatic nitrogens is 2. The highest BCUT2D eigenvalue weighted by Crippen LogP contribution is 2.35. The van der Waals surface area contributed by atoms with Crippen molar-refractivity contribution in [3.8, 4) is 0 Å². The van der Waals surface area contributed by atoms with Gasteiger partial charge in [0.2, 0.25) is 0 Å². The molecule has 0 saturated carbocycles. The third-order valence-corrected chi connectivity index (χ3v) is 5.66. The van der Waals surface area contributed by atoms with Crippen molar-refractivity contribution in [1.82, 2.24) is 14.7 Å². The monoisotopic (exact) mass is 327 g/mol. The molecule has 1 aromatic heterocycles. The lowest BCUT2D eigenvalue weighted by molar-refractivity contribution is 0.161. The highest BCUT2D eigenvalue weighted by molar-refractivity contribution is 5.27. The van der Waals surface area contributed by atoms with Gasteiger partial charge in [0.15, 0.2) is 0 Å². The molecule has 24 heavy (non-hydrogen) atoms. The quantitative estimate of drug-likeness (QED) is 0.918. The summed E-state index contributed by atoms with van der Waals surface area (Å²) in [4.78, 5) is 2.55. The fourth-order valence-electron chi connectivity index (χ4n) is 3.83. The van der Waals surface area contributed by atoms with E-state index in [2.05, 4.69) is 61.1 Å². The standard InChI is InChI=1S/C20H29N3O/c1-16-19(17(2)23(21-16)13-14-24)15-22-11-9-20(3,10-12-22)18-7-5-4-6-8-18/h4-8,24H,9-15H2,1-3H3. The van der Waals surface area contributed by atoms with Crippen molar-refractivity contribution in [2.75, 3.05) is 19.7 Å². The van der Waals surface area contributed by atoms with Crippen molar-refractivity contribution in [2.45, 2.75) is 52.1 Å². The summed E-state index contributed by atoms with van der Waals surface area (Å²) in [6, 6.07) is 10.9. The molecular formula is C20H29N3O. The van der Waals surface area contributed by atoms with Gasteiger partial charge in [-0.3, -0.25) is 9.58 Å². The summed E-state index contributed by atoms with van der Waals surface area (Å²) < 4.78 is 1.93. The van der Waals surface area contributed by atoms with Crippen molar-refractivity contribution < 1.29 is 5.11 Å². The maximum absolute atomic E-state index is 9.16. The van der Waals surface area contributed by atoms with Crippen LogP contribution in [-0.2, 0) is 18.5 Å². The highest BCUT2D eigenvalue weighted by atomic mass is 16.3. The van der Waals surface area contributed by atoms with Gasteiger partial charge in [-0.1, -0.05) is 37.3 Å². The summed E-state index contributed by atoms with van der Waals surface area (Å²) in [5.74, 6) is 0. The fourth-order valence-corrected chi connectivity index (χ4v) is 3.83.